The van der Waals surface area contributed by atoms with Crippen LogP contribution in [0.25, 0.3) is 5.69 Å². The van der Waals surface area contributed by atoms with Crippen molar-refractivity contribution in [1.82, 2.24) is 20.0 Å². The minimum atomic E-state index is -0.149. The summed E-state index contributed by atoms with van der Waals surface area (Å²) in [4.78, 5) is 14.5. The van der Waals surface area contributed by atoms with Gasteiger partial charge in [0.05, 0.1) is 37.2 Å². The van der Waals surface area contributed by atoms with Crippen LogP contribution in [0.3, 0.4) is 0 Å². The number of amides is 2. The second-order valence-corrected chi connectivity index (χ2v) is 6.34. The van der Waals surface area contributed by atoms with Gasteiger partial charge in [-0.05, 0) is 26.0 Å². The number of hydrogen-bond donors (Lipinski definition) is 1. The van der Waals surface area contributed by atoms with Gasteiger partial charge in [0.2, 0.25) is 0 Å². The molecular weight excluding hydrogens is 332 g/mol. The van der Waals surface area contributed by atoms with Gasteiger partial charge < -0.3 is 19.7 Å². The number of ether oxygens (including phenoxy) is 2. The summed E-state index contributed by atoms with van der Waals surface area (Å²) in [6, 6.07) is 9.77. The first-order valence-electron chi connectivity index (χ1n) is 8.86. The summed E-state index contributed by atoms with van der Waals surface area (Å²) in [6.07, 6.45) is 0. The molecule has 1 N–H and O–H groups in total. The summed E-state index contributed by atoms with van der Waals surface area (Å²) in [5.74, 6) is 0. The molecule has 3 rings (SSSR count). The molecule has 7 heteroatoms. The predicted octanol–water partition coefficient (Wildman–Crippen LogP) is 2.22. The summed E-state index contributed by atoms with van der Waals surface area (Å²) in [6.45, 7) is 6.57. The Hall–Kier alpha value is -2.38. The number of hydrogen-bond acceptors (Lipinski definition) is 4. The third kappa shape index (κ3) is 3.73. The fourth-order valence-electron chi connectivity index (χ4n) is 3.41. The van der Waals surface area contributed by atoms with Gasteiger partial charge in [-0.2, -0.15) is 5.10 Å². The molecule has 1 aliphatic heterocycles. The monoisotopic (exact) mass is 358 g/mol. The number of carbonyl (C=O) groups is 1. The highest BCUT2D eigenvalue weighted by Crippen LogP contribution is 2.30. The van der Waals surface area contributed by atoms with Crippen LogP contribution in [0.1, 0.15) is 23.0 Å². The highest BCUT2D eigenvalue weighted by Gasteiger charge is 2.32. The van der Waals surface area contributed by atoms with E-state index in [1.165, 1.54) is 0 Å². The van der Waals surface area contributed by atoms with Crippen molar-refractivity contribution in [2.75, 3.05) is 40.0 Å². The zero-order valence-electron chi connectivity index (χ0n) is 15.6. The fraction of sp³-hybridized carbons (Fsp3) is 0.474. The van der Waals surface area contributed by atoms with Gasteiger partial charge in [-0.15, -0.1) is 0 Å². The third-order valence-corrected chi connectivity index (χ3v) is 4.65. The fourth-order valence-corrected chi connectivity index (χ4v) is 3.41. The van der Waals surface area contributed by atoms with Crippen LogP contribution < -0.4 is 5.32 Å². The van der Waals surface area contributed by atoms with Gasteiger partial charge in [0, 0.05) is 31.5 Å². The maximum Gasteiger partial charge on any atom is 0.318 e. The van der Waals surface area contributed by atoms with Gasteiger partial charge in [0.25, 0.3) is 0 Å². The number of nitrogens with one attached hydrogen (secondary N) is 1. The molecule has 26 heavy (non-hydrogen) atoms. The van der Waals surface area contributed by atoms with Crippen molar-refractivity contribution in [3.63, 3.8) is 0 Å². The van der Waals surface area contributed by atoms with Crippen LogP contribution in [-0.4, -0.2) is 60.7 Å². The number of rotatable bonds is 5. The molecule has 0 bridgehead atoms. The van der Waals surface area contributed by atoms with Crippen LogP contribution in [0.2, 0.25) is 0 Å². The van der Waals surface area contributed by atoms with Crippen molar-refractivity contribution >= 4 is 6.03 Å². The highest BCUT2D eigenvalue weighted by molar-refractivity contribution is 5.75. The Morgan fingerprint density at radius 1 is 1.35 bits per heavy atom. The maximum absolute atomic E-state index is 12.6. The molecule has 2 heterocycles. The lowest BCUT2D eigenvalue weighted by Crippen LogP contribution is -2.49. The Morgan fingerprint density at radius 2 is 2.12 bits per heavy atom. The van der Waals surface area contributed by atoms with E-state index in [4.69, 9.17) is 14.6 Å². The van der Waals surface area contributed by atoms with Crippen LogP contribution in [0.4, 0.5) is 4.79 Å². The number of morpholine rings is 1. The Kier molecular flexibility index (Phi) is 5.90. The lowest BCUT2D eigenvalue weighted by Gasteiger charge is -2.36. The number of benzene rings is 1. The smallest absolute Gasteiger partial charge is 0.318 e. The summed E-state index contributed by atoms with van der Waals surface area (Å²) >= 11 is 0. The largest absolute Gasteiger partial charge is 0.383 e. The molecule has 0 saturated carbocycles. The van der Waals surface area contributed by atoms with Crippen LogP contribution in [0.15, 0.2) is 30.3 Å². The first-order chi connectivity index (χ1) is 12.6. The van der Waals surface area contributed by atoms with Gasteiger partial charge in [-0.1, -0.05) is 18.2 Å². The van der Waals surface area contributed by atoms with Crippen molar-refractivity contribution in [2.24, 2.45) is 0 Å². The molecule has 1 aromatic carbocycles. The number of carbonyl (C=O) groups excluding carboxylic acids is 1. The van der Waals surface area contributed by atoms with Gasteiger partial charge >= 0.3 is 6.03 Å². The second kappa shape index (κ2) is 8.33. The van der Waals surface area contributed by atoms with Crippen molar-refractivity contribution in [2.45, 2.75) is 19.9 Å². The standard InChI is InChI=1S/C19H26N4O3/c1-14-18(15(2)23(21-14)16-7-5-4-6-8-16)17-13-26-12-10-22(17)19(24)20-9-11-25-3/h4-8,17H,9-13H2,1-3H3,(H,20,24). The molecule has 140 valence electrons. The summed E-state index contributed by atoms with van der Waals surface area (Å²) < 4.78 is 12.6. The summed E-state index contributed by atoms with van der Waals surface area (Å²) in [7, 11) is 1.62. The van der Waals surface area contributed by atoms with Gasteiger partial charge in [-0.3, -0.25) is 0 Å². The average molecular weight is 358 g/mol. The molecule has 0 radical (unpaired) electrons. The van der Waals surface area contributed by atoms with Gasteiger partial charge in [0.15, 0.2) is 0 Å². The number of aromatic nitrogens is 2. The Morgan fingerprint density at radius 3 is 2.85 bits per heavy atom. The number of aryl methyl sites for hydroxylation is 1. The number of urea groups is 1. The molecular formula is C19H26N4O3. The number of methoxy groups -OCH3 is 1. The van der Waals surface area contributed by atoms with Gasteiger partial charge in [0.1, 0.15) is 0 Å². The quantitative estimate of drug-likeness (QED) is 0.832. The molecule has 1 atom stereocenters. The van der Waals surface area contributed by atoms with E-state index >= 15 is 0 Å². The molecule has 0 aliphatic carbocycles. The van der Waals surface area contributed by atoms with Crippen LogP contribution >= 0.6 is 0 Å². The van der Waals surface area contributed by atoms with Crippen molar-refractivity contribution in [1.29, 1.82) is 0 Å². The average Bonchev–Trinajstić information content (AvgIpc) is 2.97. The van der Waals surface area contributed by atoms with E-state index < -0.39 is 0 Å². The van der Waals surface area contributed by atoms with Crippen LogP contribution in [0, 0.1) is 13.8 Å². The molecule has 0 spiro atoms. The SMILES string of the molecule is COCCNC(=O)N1CCOCC1c1c(C)nn(-c2ccccc2)c1C. The van der Waals surface area contributed by atoms with Crippen LogP contribution in [0.5, 0.6) is 0 Å². The zero-order chi connectivity index (χ0) is 18.5. The molecule has 1 aromatic heterocycles. The lowest BCUT2D eigenvalue weighted by molar-refractivity contribution is 0.0109. The maximum atomic E-state index is 12.6. The van der Waals surface area contributed by atoms with E-state index in [0.29, 0.717) is 32.9 Å². The van der Waals surface area contributed by atoms with E-state index in [-0.39, 0.29) is 12.1 Å². The topological polar surface area (TPSA) is 68.6 Å². The molecule has 1 fully saturated rings. The molecule has 2 amide bonds. The van der Waals surface area contributed by atoms with E-state index in [1.54, 1.807) is 7.11 Å². The van der Waals surface area contributed by atoms with Gasteiger partial charge in [-0.25, -0.2) is 9.48 Å². The molecule has 1 unspecified atom stereocenters. The summed E-state index contributed by atoms with van der Waals surface area (Å²) in [5, 5.41) is 7.62. The molecule has 1 aliphatic rings. The van der Waals surface area contributed by atoms with Crippen molar-refractivity contribution in [3.8, 4) is 5.69 Å². The van der Waals surface area contributed by atoms with E-state index in [1.807, 2.05) is 53.8 Å². The second-order valence-electron chi connectivity index (χ2n) is 6.34. The predicted molar refractivity (Wildman–Crippen MR) is 98.6 cm³/mol. The molecule has 1 saturated heterocycles. The van der Waals surface area contributed by atoms with Crippen LogP contribution in [-0.2, 0) is 9.47 Å². The first kappa shape index (κ1) is 18.4. The summed E-state index contributed by atoms with van der Waals surface area (Å²) in [5.41, 5.74) is 4.00. The number of para-hydroxylation sites is 1. The molecule has 2 aromatic rings. The molecule has 7 nitrogen and oxygen atoms in total. The normalized spacial score (nSPS) is 17.3. The first-order valence-corrected chi connectivity index (χ1v) is 8.86. The third-order valence-electron chi connectivity index (χ3n) is 4.65. The Labute approximate surface area is 153 Å². The van der Waals surface area contributed by atoms with E-state index in [9.17, 15) is 4.79 Å². The Bertz CT molecular complexity index is 745. The minimum absolute atomic E-state index is 0.0957. The van der Waals surface area contributed by atoms with Crippen molar-refractivity contribution in [3.05, 3.63) is 47.3 Å². The lowest BCUT2D eigenvalue weighted by atomic mass is 10.0. The minimum Gasteiger partial charge on any atom is -0.383 e. The highest BCUT2D eigenvalue weighted by atomic mass is 16.5. The Balaban J connectivity index is 1.88. The number of nitrogens with zero attached hydrogens (tertiary/aromatic N) is 3. The van der Waals surface area contributed by atoms with E-state index in [0.717, 1.165) is 22.6 Å². The van der Waals surface area contributed by atoms with E-state index in [2.05, 4.69) is 5.32 Å². The van der Waals surface area contributed by atoms with Crippen molar-refractivity contribution < 1.29 is 14.3 Å². The zero-order valence-corrected chi connectivity index (χ0v) is 15.6.